The predicted molar refractivity (Wildman–Crippen MR) is 76.0 cm³/mol. The molecule has 1 amide bonds. The first-order valence-electron chi connectivity index (χ1n) is 5.76. The molecule has 0 saturated carbocycles. The molecular weight excluding hydrogens is 260 g/mol. The number of rotatable bonds is 5. The number of hydrogen-bond donors (Lipinski definition) is 1. The number of carbonyl (C=O) groups excluding carboxylic acids is 1. The molecule has 0 atom stereocenters. The fourth-order valence-electron chi connectivity index (χ4n) is 1.45. The Morgan fingerprint density at radius 2 is 2.21 bits per heavy atom. The second-order valence-electron chi connectivity index (χ2n) is 3.75. The SMILES string of the molecule is COc1ccc(/C=C/C(=O)NCc2nccs2)cc1. The van der Waals surface area contributed by atoms with Crippen molar-refractivity contribution in [2.45, 2.75) is 6.54 Å². The van der Waals surface area contributed by atoms with Crippen molar-refractivity contribution in [2.24, 2.45) is 0 Å². The zero-order valence-electron chi connectivity index (χ0n) is 10.5. The molecule has 0 fully saturated rings. The summed E-state index contributed by atoms with van der Waals surface area (Å²) < 4.78 is 5.07. The maximum Gasteiger partial charge on any atom is 0.244 e. The number of carbonyl (C=O) groups is 1. The standard InChI is InChI=1S/C14H14N2O2S/c1-18-12-5-2-11(3-6-12)4-7-13(17)16-10-14-15-8-9-19-14/h2-9H,10H2,1H3,(H,16,17)/b7-4+. The molecule has 2 aromatic rings. The van der Waals surface area contributed by atoms with E-state index >= 15 is 0 Å². The van der Waals surface area contributed by atoms with E-state index in [1.807, 2.05) is 29.6 Å². The Kier molecular flexibility index (Phi) is 4.69. The van der Waals surface area contributed by atoms with Crippen molar-refractivity contribution in [1.82, 2.24) is 10.3 Å². The highest BCUT2D eigenvalue weighted by atomic mass is 32.1. The topological polar surface area (TPSA) is 51.2 Å². The third-order valence-electron chi connectivity index (χ3n) is 2.44. The number of nitrogens with one attached hydrogen (secondary N) is 1. The minimum Gasteiger partial charge on any atom is -0.497 e. The monoisotopic (exact) mass is 274 g/mol. The minimum absolute atomic E-state index is 0.133. The van der Waals surface area contributed by atoms with Gasteiger partial charge in [0.25, 0.3) is 0 Å². The maximum absolute atomic E-state index is 11.6. The number of nitrogens with zero attached hydrogens (tertiary/aromatic N) is 1. The number of hydrogen-bond acceptors (Lipinski definition) is 4. The van der Waals surface area contributed by atoms with E-state index in [1.165, 1.54) is 17.4 Å². The molecule has 0 aliphatic heterocycles. The summed E-state index contributed by atoms with van der Waals surface area (Å²) >= 11 is 1.52. The largest absolute Gasteiger partial charge is 0.497 e. The molecule has 1 N–H and O–H groups in total. The number of methoxy groups -OCH3 is 1. The lowest BCUT2D eigenvalue weighted by Gasteiger charge is -2.00. The quantitative estimate of drug-likeness (QED) is 0.852. The van der Waals surface area contributed by atoms with Crippen LogP contribution >= 0.6 is 11.3 Å². The molecule has 1 aromatic carbocycles. The number of ether oxygens (including phenoxy) is 1. The second kappa shape index (κ2) is 6.70. The van der Waals surface area contributed by atoms with Crippen LogP contribution in [0.2, 0.25) is 0 Å². The summed E-state index contributed by atoms with van der Waals surface area (Å²) in [4.78, 5) is 15.7. The van der Waals surface area contributed by atoms with E-state index in [-0.39, 0.29) is 5.91 Å². The van der Waals surface area contributed by atoms with E-state index in [0.29, 0.717) is 6.54 Å². The lowest BCUT2D eigenvalue weighted by atomic mass is 10.2. The Morgan fingerprint density at radius 3 is 2.84 bits per heavy atom. The first-order chi connectivity index (χ1) is 9.28. The van der Waals surface area contributed by atoms with Crippen LogP contribution in [0.3, 0.4) is 0 Å². The summed E-state index contributed by atoms with van der Waals surface area (Å²) in [6.45, 7) is 0.462. The third kappa shape index (κ3) is 4.22. The third-order valence-corrected chi connectivity index (χ3v) is 3.22. The molecule has 0 unspecified atom stereocenters. The van der Waals surface area contributed by atoms with E-state index in [9.17, 15) is 4.79 Å². The Bertz CT molecular complexity index is 547. The summed E-state index contributed by atoms with van der Waals surface area (Å²) in [5.41, 5.74) is 0.949. The van der Waals surface area contributed by atoms with E-state index in [2.05, 4.69) is 10.3 Å². The fourth-order valence-corrected chi connectivity index (χ4v) is 2.00. The van der Waals surface area contributed by atoms with Crippen molar-refractivity contribution in [2.75, 3.05) is 7.11 Å². The van der Waals surface area contributed by atoms with Crippen LogP contribution in [0.25, 0.3) is 6.08 Å². The van der Waals surface area contributed by atoms with Gasteiger partial charge in [-0.05, 0) is 23.8 Å². The molecule has 4 nitrogen and oxygen atoms in total. The van der Waals surface area contributed by atoms with Gasteiger partial charge < -0.3 is 10.1 Å². The molecule has 0 saturated heterocycles. The van der Waals surface area contributed by atoms with Crippen molar-refractivity contribution in [3.63, 3.8) is 0 Å². The molecule has 0 aliphatic rings. The zero-order chi connectivity index (χ0) is 13.5. The zero-order valence-corrected chi connectivity index (χ0v) is 11.3. The lowest BCUT2D eigenvalue weighted by molar-refractivity contribution is -0.116. The van der Waals surface area contributed by atoms with Gasteiger partial charge in [0.05, 0.1) is 13.7 Å². The highest BCUT2D eigenvalue weighted by molar-refractivity contribution is 7.09. The van der Waals surface area contributed by atoms with Crippen LogP contribution in [-0.4, -0.2) is 18.0 Å². The van der Waals surface area contributed by atoms with Gasteiger partial charge in [-0.25, -0.2) is 4.98 Å². The van der Waals surface area contributed by atoms with Crippen LogP contribution in [-0.2, 0) is 11.3 Å². The van der Waals surface area contributed by atoms with E-state index in [4.69, 9.17) is 4.74 Å². The lowest BCUT2D eigenvalue weighted by Crippen LogP contribution is -2.19. The van der Waals surface area contributed by atoms with Crippen molar-refractivity contribution >= 4 is 23.3 Å². The van der Waals surface area contributed by atoms with Crippen LogP contribution in [0.1, 0.15) is 10.6 Å². The first-order valence-corrected chi connectivity index (χ1v) is 6.64. The fraction of sp³-hybridized carbons (Fsp3) is 0.143. The molecule has 1 heterocycles. The van der Waals surface area contributed by atoms with Gasteiger partial charge in [0.2, 0.25) is 5.91 Å². The molecule has 1 aromatic heterocycles. The van der Waals surface area contributed by atoms with Gasteiger partial charge in [0, 0.05) is 17.7 Å². The van der Waals surface area contributed by atoms with Gasteiger partial charge in [-0.2, -0.15) is 0 Å². The van der Waals surface area contributed by atoms with Crippen LogP contribution in [0.5, 0.6) is 5.75 Å². The van der Waals surface area contributed by atoms with Gasteiger partial charge >= 0.3 is 0 Å². The summed E-state index contributed by atoms with van der Waals surface area (Å²) in [7, 11) is 1.62. The maximum atomic E-state index is 11.6. The van der Waals surface area contributed by atoms with Gasteiger partial charge in [-0.1, -0.05) is 12.1 Å². The van der Waals surface area contributed by atoms with Gasteiger partial charge in [-0.15, -0.1) is 11.3 Å². The van der Waals surface area contributed by atoms with Crippen LogP contribution in [0.4, 0.5) is 0 Å². The smallest absolute Gasteiger partial charge is 0.244 e. The van der Waals surface area contributed by atoms with Gasteiger partial charge in [-0.3, -0.25) is 4.79 Å². The van der Waals surface area contributed by atoms with Crippen molar-refractivity contribution in [1.29, 1.82) is 0 Å². The molecular formula is C14H14N2O2S. The number of thiazole rings is 1. The molecule has 19 heavy (non-hydrogen) atoms. The van der Waals surface area contributed by atoms with Crippen molar-refractivity contribution in [3.05, 3.63) is 52.5 Å². The summed E-state index contributed by atoms with van der Waals surface area (Å²) in [5.74, 6) is 0.663. The Hall–Kier alpha value is -2.14. The normalized spacial score (nSPS) is 10.6. The van der Waals surface area contributed by atoms with Gasteiger partial charge in [0.1, 0.15) is 10.8 Å². The first kappa shape index (κ1) is 13.3. The van der Waals surface area contributed by atoms with Crippen LogP contribution < -0.4 is 10.1 Å². The number of aromatic nitrogens is 1. The summed E-state index contributed by atoms with van der Waals surface area (Å²) in [6, 6.07) is 7.49. The molecule has 2 rings (SSSR count). The molecule has 5 heteroatoms. The van der Waals surface area contributed by atoms with E-state index in [1.54, 1.807) is 19.4 Å². The number of benzene rings is 1. The number of amides is 1. The highest BCUT2D eigenvalue weighted by Gasteiger charge is 1.98. The van der Waals surface area contributed by atoms with Crippen molar-refractivity contribution < 1.29 is 9.53 Å². The minimum atomic E-state index is -0.133. The Morgan fingerprint density at radius 1 is 1.42 bits per heavy atom. The van der Waals surface area contributed by atoms with Crippen LogP contribution in [0, 0.1) is 0 Å². The molecule has 0 spiro atoms. The average molecular weight is 274 g/mol. The van der Waals surface area contributed by atoms with Crippen molar-refractivity contribution in [3.8, 4) is 5.75 Å². The molecule has 98 valence electrons. The summed E-state index contributed by atoms with van der Waals surface area (Å²) in [5, 5.41) is 5.55. The molecule has 0 radical (unpaired) electrons. The average Bonchev–Trinajstić information content (AvgIpc) is 2.96. The second-order valence-corrected chi connectivity index (χ2v) is 4.73. The van der Waals surface area contributed by atoms with E-state index < -0.39 is 0 Å². The Labute approximate surface area is 115 Å². The molecule has 0 bridgehead atoms. The molecule has 0 aliphatic carbocycles. The highest BCUT2D eigenvalue weighted by Crippen LogP contribution is 2.12. The summed E-state index contributed by atoms with van der Waals surface area (Å²) in [6.07, 6.45) is 4.99. The van der Waals surface area contributed by atoms with Crippen LogP contribution in [0.15, 0.2) is 41.9 Å². The van der Waals surface area contributed by atoms with Gasteiger partial charge in [0.15, 0.2) is 0 Å². The Balaban J connectivity index is 1.85. The van der Waals surface area contributed by atoms with E-state index in [0.717, 1.165) is 16.3 Å². The predicted octanol–water partition coefficient (Wildman–Crippen LogP) is 2.48.